The Kier molecular flexibility index (Phi) is 9.28. The van der Waals surface area contributed by atoms with Gasteiger partial charge in [-0.1, -0.05) is 13.8 Å². The van der Waals surface area contributed by atoms with Crippen molar-refractivity contribution in [2.75, 3.05) is 13.1 Å². The first-order valence-corrected chi connectivity index (χ1v) is 6.75. The molecule has 18 heavy (non-hydrogen) atoms. The molecule has 5 heteroatoms. The van der Waals surface area contributed by atoms with E-state index >= 15 is 0 Å². The van der Waals surface area contributed by atoms with Crippen molar-refractivity contribution >= 4 is 11.8 Å². The quantitative estimate of drug-likeness (QED) is 0.571. The van der Waals surface area contributed by atoms with E-state index in [2.05, 4.69) is 10.6 Å². The summed E-state index contributed by atoms with van der Waals surface area (Å²) in [6.45, 7) is 7.01. The molecule has 2 atom stereocenters. The second-order valence-corrected chi connectivity index (χ2v) is 4.86. The van der Waals surface area contributed by atoms with Gasteiger partial charge in [0.05, 0.1) is 0 Å². The maximum absolute atomic E-state index is 11.4. The third-order valence-electron chi connectivity index (χ3n) is 2.96. The largest absolute Gasteiger partial charge is 0.356 e. The van der Waals surface area contributed by atoms with Gasteiger partial charge >= 0.3 is 0 Å². The molecule has 0 rings (SSSR count). The van der Waals surface area contributed by atoms with Crippen molar-refractivity contribution in [3.05, 3.63) is 0 Å². The highest BCUT2D eigenvalue weighted by atomic mass is 16.2. The SMILES string of the molecule is CCC(C)NC(=O)CCNC(=O)CCC(C)CN. The third kappa shape index (κ3) is 8.98. The average Bonchev–Trinajstić information content (AvgIpc) is 2.35. The van der Waals surface area contributed by atoms with Crippen LogP contribution >= 0.6 is 0 Å². The van der Waals surface area contributed by atoms with Gasteiger partial charge in [0.2, 0.25) is 11.8 Å². The van der Waals surface area contributed by atoms with Gasteiger partial charge in [0.15, 0.2) is 0 Å². The minimum Gasteiger partial charge on any atom is -0.356 e. The molecule has 0 aliphatic rings. The normalized spacial score (nSPS) is 13.8. The van der Waals surface area contributed by atoms with Crippen LogP contribution in [-0.2, 0) is 9.59 Å². The van der Waals surface area contributed by atoms with Crippen molar-refractivity contribution in [2.45, 2.75) is 52.5 Å². The predicted octanol–water partition coefficient (Wildman–Crippen LogP) is 0.782. The van der Waals surface area contributed by atoms with E-state index in [9.17, 15) is 9.59 Å². The van der Waals surface area contributed by atoms with Crippen LogP contribution < -0.4 is 16.4 Å². The molecule has 0 saturated heterocycles. The summed E-state index contributed by atoms with van der Waals surface area (Å²) in [5.74, 6) is 0.344. The maximum Gasteiger partial charge on any atom is 0.221 e. The van der Waals surface area contributed by atoms with Gasteiger partial charge < -0.3 is 16.4 Å². The van der Waals surface area contributed by atoms with Crippen molar-refractivity contribution < 1.29 is 9.59 Å². The van der Waals surface area contributed by atoms with E-state index in [0.717, 1.165) is 12.8 Å². The molecule has 0 aliphatic heterocycles. The van der Waals surface area contributed by atoms with E-state index < -0.39 is 0 Å². The van der Waals surface area contributed by atoms with Crippen LogP contribution in [0.25, 0.3) is 0 Å². The molecule has 2 amide bonds. The van der Waals surface area contributed by atoms with Gasteiger partial charge in [-0.25, -0.2) is 0 Å². The molecule has 0 aromatic rings. The second-order valence-electron chi connectivity index (χ2n) is 4.86. The molecule has 0 bridgehead atoms. The van der Waals surface area contributed by atoms with Crippen LogP contribution in [0.3, 0.4) is 0 Å². The third-order valence-corrected chi connectivity index (χ3v) is 2.96. The smallest absolute Gasteiger partial charge is 0.221 e. The summed E-state index contributed by atoms with van der Waals surface area (Å²) in [6.07, 6.45) is 2.52. The first-order valence-electron chi connectivity index (χ1n) is 6.75. The molecule has 0 saturated carbocycles. The Morgan fingerprint density at radius 1 is 1.17 bits per heavy atom. The van der Waals surface area contributed by atoms with Crippen LogP contribution in [0.1, 0.15) is 46.5 Å². The van der Waals surface area contributed by atoms with E-state index in [1.807, 2.05) is 20.8 Å². The highest BCUT2D eigenvalue weighted by molar-refractivity contribution is 5.79. The zero-order valence-corrected chi connectivity index (χ0v) is 11.8. The lowest BCUT2D eigenvalue weighted by Gasteiger charge is -2.12. The van der Waals surface area contributed by atoms with Gasteiger partial charge in [0.1, 0.15) is 0 Å². The van der Waals surface area contributed by atoms with Gasteiger partial charge in [-0.05, 0) is 32.2 Å². The van der Waals surface area contributed by atoms with Gasteiger partial charge in [0.25, 0.3) is 0 Å². The number of nitrogens with two attached hydrogens (primary N) is 1. The van der Waals surface area contributed by atoms with Crippen LogP contribution in [0.5, 0.6) is 0 Å². The van der Waals surface area contributed by atoms with Crippen molar-refractivity contribution in [3.8, 4) is 0 Å². The Balaban J connectivity index is 3.59. The summed E-state index contributed by atoms with van der Waals surface area (Å²) >= 11 is 0. The monoisotopic (exact) mass is 257 g/mol. The van der Waals surface area contributed by atoms with Crippen LogP contribution in [0.4, 0.5) is 0 Å². The van der Waals surface area contributed by atoms with Crippen molar-refractivity contribution in [3.63, 3.8) is 0 Å². The number of carbonyl (C=O) groups excluding carboxylic acids is 2. The summed E-state index contributed by atoms with van der Waals surface area (Å²) in [4.78, 5) is 22.9. The minimum absolute atomic E-state index is 0.00774. The summed E-state index contributed by atoms with van der Waals surface area (Å²) in [6, 6.07) is 0.193. The average molecular weight is 257 g/mol. The summed E-state index contributed by atoms with van der Waals surface area (Å²) < 4.78 is 0. The molecule has 0 heterocycles. The molecule has 0 aromatic carbocycles. The maximum atomic E-state index is 11.4. The number of hydrogen-bond acceptors (Lipinski definition) is 3. The first-order chi connectivity index (χ1) is 8.49. The highest BCUT2D eigenvalue weighted by Gasteiger charge is 2.07. The van der Waals surface area contributed by atoms with E-state index in [4.69, 9.17) is 5.73 Å². The summed E-state index contributed by atoms with van der Waals surface area (Å²) in [7, 11) is 0. The van der Waals surface area contributed by atoms with Crippen molar-refractivity contribution in [2.24, 2.45) is 11.7 Å². The molecular formula is C13H27N3O2. The van der Waals surface area contributed by atoms with Crippen LogP contribution in [0.2, 0.25) is 0 Å². The van der Waals surface area contributed by atoms with Crippen molar-refractivity contribution in [1.29, 1.82) is 0 Å². The molecule has 0 radical (unpaired) electrons. The van der Waals surface area contributed by atoms with Gasteiger partial charge in [-0.3, -0.25) is 9.59 Å². The minimum atomic E-state index is -0.0139. The van der Waals surface area contributed by atoms with Crippen LogP contribution in [0.15, 0.2) is 0 Å². The Labute approximate surface area is 110 Å². The number of hydrogen-bond donors (Lipinski definition) is 3. The summed E-state index contributed by atoms with van der Waals surface area (Å²) in [5.41, 5.74) is 5.47. The number of amides is 2. The molecule has 5 nitrogen and oxygen atoms in total. The molecule has 4 N–H and O–H groups in total. The highest BCUT2D eigenvalue weighted by Crippen LogP contribution is 2.02. The zero-order valence-electron chi connectivity index (χ0n) is 11.8. The number of nitrogens with one attached hydrogen (secondary N) is 2. The van der Waals surface area contributed by atoms with Crippen LogP contribution in [-0.4, -0.2) is 30.9 Å². The number of rotatable bonds is 9. The van der Waals surface area contributed by atoms with E-state index in [-0.39, 0.29) is 17.9 Å². The number of carbonyl (C=O) groups is 2. The molecule has 2 unspecified atom stereocenters. The second kappa shape index (κ2) is 9.88. The molecule has 106 valence electrons. The lowest BCUT2D eigenvalue weighted by molar-refractivity contribution is -0.122. The van der Waals surface area contributed by atoms with Crippen molar-refractivity contribution in [1.82, 2.24) is 10.6 Å². The Bertz CT molecular complexity index is 257. The molecule has 0 aromatic heterocycles. The summed E-state index contributed by atoms with van der Waals surface area (Å²) in [5, 5.41) is 5.60. The molecular weight excluding hydrogens is 230 g/mol. The van der Waals surface area contributed by atoms with Crippen LogP contribution in [0, 0.1) is 5.92 Å². The lowest BCUT2D eigenvalue weighted by atomic mass is 10.1. The van der Waals surface area contributed by atoms with E-state index in [1.54, 1.807) is 0 Å². The predicted molar refractivity (Wildman–Crippen MR) is 73.0 cm³/mol. The van der Waals surface area contributed by atoms with Gasteiger partial charge in [0, 0.05) is 25.4 Å². The molecule has 0 spiro atoms. The molecule has 0 aliphatic carbocycles. The Morgan fingerprint density at radius 2 is 1.83 bits per heavy atom. The fraction of sp³-hybridized carbons (Fsp3) is 0.846. The lowest BCUT2D eigenvalue weighted by Crippen LogP contribution is -2.35. The standard InChI is InChI=1S/C13H27N3O2/c1-4-11(3)16-13(18)7-8-15-12(17)6-5-10(2)9-14/h10-11H,4-9,14H2,1-3H3,(H,15,17)(H,16,18). The Hall–Kier alpha value is -1.10. The van der Waals surface area contributed by atoms with Gasteiger partial charge in [-0.2, -0.15) is 0 Å². The van der Waals surface area contributed by atoms with E-state index in [0.29, 0.717) is 31.8 Å². The topological polar surface area (TPSA) is 84.2 Å². The Morgan fingerprint density at radius 3 is 2.39 bits per heavy atom. The van der Waals surface area contributed by atoms with Gasteiger partial charge in [-0.15, -0.1) is 0 Å². The van der Waals surface area contributed by atoms with E-state index in [1.165, 1.54) is 0 Å². The zero-order chi connectivity index (χ0) is 14.0. The first kappa shape index (κ1) is 16.9. The molecule has 0 fully saturated rings. The fourth-order valence-corrected chi connectivity index (χ4v) is 1.35. The fourth-order valence-electron chi connectivity index (χ4n) is 1.35.